The number of aromatic amines is 1. The van der Waals surface area contributed by atoms with Crippen LogP contribution in [-0.4, -0.2) is 36.0 Å². The van der Waals surface area contributed by atoms with Gasteiger partial charge < -0.3 is 19.7 Å². The summed E-state index contributed by atoms with van der Waals surface area (Å²) in [6.45, 7) is 0. The summed E-state index contributed by atoms with van der Waals surface area (Å²) in [4.78, 5) is 34.6. The Morgan fingerprint density at radius 1 is 1.26 bits per heavy atom. The number of hydrogen-bond donors (Lipinski definition) is 2. The topological polar surface area (TPSA) is 101 Å². The molecule has 8 heteroatoms. The third-order valence-electron chi connectivity index (χ3n) is 5.99. The van der Waals surface area contributed by atoms with Gasteiger partial charge in [-0.2, -0.15) is 0 Å². The Kier molecular flexibility index (Phi) is 4.81. The van der Waals surface area contributed by atoms with Crippen LogP contribution >= 0.6 is 11.3 Å². The summed E-state index contributed by atoms with van der Waals surface area (Å²) in [5, 5.41) is 13.9. The number of carboxylic acid groups (broad SMARTS) is 1. The number of pyridine rings is 1. The first-order valence-electron chi connectivity index (χ1n) is 10.3. The number of aromatic carboxylic acids is 1. The van der Waals surface area contributed by atoms with Crippen molar-refractivity contribution in [1.82, 2.24) is 4.98 Å². The minimum absolute atomic E-state index is 0.268. The minimum atomic E-state index is -1.24. The second kappa shape index (κ2) is 7.53. The Hall–Kier alpha value is -3.13. The molecule has 0 aliphatic heterocycles. The van der Waals surface area contributed by atoms with Crippen LogP contribution in [0.15, 0.2) is 28.3 Å². The number of aryl methyl sites for hydroxylation is 1. The Morgan fingerprint density at radius 2 is 2.06 bits per heavy atom. The molecular formula is C23H22N2O5S. The Morgan fingerprint density at radius 3 is 2.74 bits per heavy atom. The zero-order valence-electron chi connectivity index (χ0n) is 17.3. The first kappa shape index (κ1) is 19.8. The van der Waals surface area contributed by atoms with Crippen LogP contribution in [0.25, 0.3) is 21.3 Å². The molecule has 7 nitrogen and oxygen atoms in total. The summed E-state index contributed by atoms with van der Waals surface area (Å²) in [6.07, 6.45) is 6.23. The van der Waals surface area contributed by atoms with Crippen molar-refractivity contribution in [3.8, 4) is 16.2 Å². The number of aromatic nitrogens is 1. The maximum atomic E-state index is 12.9. The third kappa shape index (κ3) is 3.22. The summed E-state index contributed by atoms with van der Waals surface area (Å²) in [5.74, 6) is -0.320. The average molecular weight is 439 g/mol. The van der Waals surface area contributed by atoms with E-state index in [1.807, 2.05) is 6.07 Å². The van der Waals surface area contributed by atoms with Gasteiger partial charge in [-0.1, -0.05) is 5.16 Å². The fourth-order valence-corrected chi connectivity index (χ4v) is 5.71. The van der Waals surface area contributed by atoms with E-state index in [1.54, 1.807) is 25.6 Å². The molecule has 0 saturated heterocycles. The monoisotopic (exact) mass is 438 g/mol. The highest BCUT2D eigenvalue weighted by atomic mass is 32.1. The van der Waals surface area contributed by atoms with Gasteiger partial charge in [-0.3, -0.25) is 4.79 Å². The molecule has 0 amide bonds. The second-order valence-corrected chi connectivity index (χ2v) is 9.00. The lowest BCUT2D eigenvalue weighted by atomic mass is 9.94. The molecule has 0 radical (unpaired) electrons. The summed E-state index contributed by atoms with van der Waals surface area (Å²) >= 11 is 1.67. The minimum Gasteiger partial charge on any atom is -0.494 e. The van der Waals surface area contributed by atoms with Crippen molar-refractivity contribution >= 4 is 33.9 Å². The van der Waals surface area contributed by atoms with Crippen molar-refractivity contribution < 1.29 is 19.5 Å². The first-order chi connectivity index (χ1) is 15.0. The van der Waals surface area contributed by atoms with Crippen molar-refractivity contribution in [2.45, 2.75) is 38.0 Å². The quantitative estimate of drug-likeness (QED) is 0.570. The van der Waals surface area contributed by atoms with Gasteiger partial charge in [-0.15, -0.1) is 11.3 Å². The Balaban J connectivity index is 1.79. The number of nitrogens with one attached hydrogen (secondary N) is 1. The smallest absolute Gasteiger partial charge is 0.341 e. The van der Waals surface area contributed by atoms with Crippen LogP contribution in [0.2, 0.25) is 0 Å². The molecule has 2 N–H and O–H groups in total. The van der Waals surface area contributed by atoms with E-state index < -0.39 is 11.4 Å². The molecule has 3 aromatic rings. The number of thiophene rings is 1. The normalized spacial score (nSPS) is 17.0. The molecule has 31 heavy (non-hydrogen) atoms. The van der Waals surface area contributed by atoms with E-state index in [4.69, 9.17) is 9.57 Å². The van der Waals surface area contributed by atoms with E-state index >= 15 is 0 Å². The van der Waals surface area contributed by atoms with E-state index in [-0.39, 0.29) is 5.56 Å². The molecule has 5 rings (SSSR count). The van der Waals surface area contributed by atoms with Gasteiger partial charge in [0, 0.05) is 16.6 Å². The molecule has 2 aliphatic rings. The number of H-pyrrole nitrogens is 1. The number of carbonyl (C=O) groups is 1. The van der Waals surface area contributed by atoms with Gasteiger partial charge in [-0.05, 0) is 61.3 Å². The van der Waals surface area contributed by atoms with Gasteiger partial charge in [0.1, 0.15) is 12.7 Å². The highest BCUT2D eigenvalue weighted by Gasteiger charge is 2.32. The molecule has 2 aliphatic carbocycles. The van der Waals surface area contributed by atoms with E-state index in [1.165, 1.54) is 11.8 Å². The van der Waals surface area contributed by atoms with Crippen LogP contribution in [-0.2, 0) is 11.3 Å². The first-order valence-corrected chi connectivity index (χ1v) is 11.1. The number of hydrogen-bond acceptors (Lipinski definition) is 6. The van der Waals surface area contributed by atoms with E-state index in [9.17, 15) is 14.7 Å². The van der Waals surface area contributed by atoms with Gasteiger partial charge in [0.25, 0.3) is 0 Å². The molecule has 1 aromatic carbocycles. The van der Waals surface area contributed by atoms with Crippen LogP contribution in [0.1, 0.15) is 58.0 Å². The van der Waals surface area contributed by atoms with Crippen LogP contribution in [0.3, 0.4) is 0 Å². The van der Waals surface area contributed by atoms with Crippen LogP contribution in [0.5, 0.6) is 5.75 Å². The molecule has 1 fully saturated rings. The van der Waals surface area contributed by atoms with Gasteiger partial charge >= 0.3 is 5.97 Å². The highest BCUT2D eigenvalue weighted by molar-refractivity contribution is 7.17. The molecular weight excluding hydrogens is 416 g/mol. The summed E-state index contributed by atoms with van der Waals surface area (Å²) in [6, 6.07) is 4.06. The van der Waals surface area contributed by atoms with Crippen molar-refractivity contribution in [3.05, 3.63) is 50.1 Å². The predicted molar refractivity (Wildman–Crippen MR) is 120 cm³/mol. The van der Waals surface area contributed by atoms with E-state index in [0.29, 0.717) is 22.6 Å². The summed E-state index contributed by atoms with van der Waals surface area (Å²) < 4.78 is 5.83. The number of fused-ring (bicyclic) bond motifs is 2. The lowest BCUT2D eigenvalue weighted by Crippen LogP contribution is -2.16. The molecule has 0 unspecified atom stereocenters. The largest absolute Gasteiger partial charge is 0.494 e. The van der Waals surface area contributed by atoms with Crippen molar-refractivity contribution in [2.24, 2.45) is 5.16 Å². The SMILES string of the molecule is CO/N=C1\CCCc2cc(-c3c(C4CC4)cc4c(=O)c(C(=O)O)c[nH]c4c3OC)sc21. The standard InChI is InChI=1S/C23H22N2O5S/c1-29-21-18(17-8-12-4-3-5-16(25-30-2)22(12)31-17)13(11-6-7-11)9-14-19(21)24-10-15(20(14)26)23(27)28/h8-11H,3-7H2,1-2H3,(H,24,26)(H,27,28)/b25-16+. The second-order valence-electron chi connectivity index (χ2n) is 7.95. The number of oxime groups is 1. The highest BCUT2D eigenvalue weighted by Crippen LogP contribution is 2.51. The molecule has 160 valence electrons. The van der Waals surface area contributed by atoms with E-state index in [2.05, 4.69) is 16.2 Å². The number of ether oxygens (including phenoxy) is 1. The zero-order chi connectivity index (χ0) is 21.7. The zero-order valence-corrected chi connectivity index (χ0v) is 18.1. The van der Waals surface area contributed by atoms with Gasteiger partial charge in [0.2, 0.25) is 5.43 Å². The van der Waals surface area contributed by atoms with Crippen LogP contribution in [0, 0.1) is 0 Å². The van der Waals surface area contributed by atoms with Crippen LogP contribution in [0.4, 0.5) is 0 Å². The maximum absolute atomic E-state index is 12.9. The van der Waals surface area contributed by atoms with Crippen molar-refractivity contribution in [3.63, 3.8) is 0 Å². The Bertz CT molecular complexity index is 1300. The maximum Gasteiger partial charge on any atom is 0.341 e. The average Bonchev–Trinajstić information content (AvgIpc) is 3.51. The lowest BCUT2D eigenvalue weighted by molar-refractivity contribution is 0.0695. The molecule has 2 heterocycles. The number of rotatable bonds is 5. The van der Waals surface area contributed by atoms with Gasteiger partial charge in [0.05, 0.1) is 28.6 Å². The number of carboxylic acids is 1. The van der Waals surface area contributed by atoms with Gasteiger partial charge in [-0.25, -0.2) is 4.79 Å². The number of methoxy groups -OCH3 is 1. The van der Waals surface area contributed by atoms with Crippen molar-refractivity contribution in [2.75, 3.05) is 14.2 Å². The van der Waals surface area contributed by atoms with Crippen molar-refractivity contribution in [1.29, 1.82) is 0 Å². The number of nitrogens with zero attached hydrogens (tertiary/aromatic N) is 1. The van der Waals surface area contributed by atoms with Gasteiger partial charge in [0.15, 0.2) is 5.75 Å². The predicted octanol–water partition coefficient (Wildman–Crippen LogP) is 4.53. The molecule has 0 spiro atoms. The molecule has 0 atom stereocenters. The molecule has 2 aromatic heterocycles. The molecule has 0 bridgehead atoms. The fourth-order valence-electron chi connectivity index (χ4n) is 4.43. The summed E-state index contributed by atoms with van der Waals surface area (Å²) in [7, 11) is 3.15. The fraction of sp³-hybridized carbons (Fsp3) is 0.348. The Labute approximate surface area is 182 Å². The molecule has 1 saturated carbocycles. The third-order valence-corrected chi connectivity index (χ3v) is 7.24. The van der Waals surface area contributed by atoms with E-state index in [0.717, 1.165) is 58.7 Å². The summed E-state index contributed by atoms with van der Waals surface area (Å²) in [5.41, 5.74) is 4.00. The van der Waals surface area contributed by atoms with Crippen LogP contribution < -0.4 is 10.2 Å². The lowest BCUT2D eigenvalue weighted by Gasteiger charge is -2.16. The number of benzene rings is 1.